The monoisotopic (exact) mass is 223 g/mol. The average molecular weight is 223 g/mol. The van der Waals surface area contributed by atoms with Crippen LogP contribution >= 0.6 is 0 Å². The number of piperidine rings is 1. The molecule has 1 spiro atoms. The maximum atomic E-state index is 3.62. The van der Waals surface area contributed by atoms with Gasteiger partial charge >= 0.3 is 0 Å². The van der Waals surface area contributed by atoms with Gasteiger partial charge in [-0.15, -0.1) is 0 Å². The molecule has 1 heteroatoms. The first-order valence-corrected chi connectivity index (χ1v) is 7.39. The maximum Gasteiger partial charge on any atom is -0.00151 e. The number of nitrogens with one attached hydrogen (secondary N) is 1. The summed E-state index contributed by atoms with van der Waals surface area (Å²) in [4.78, 5) is 0. The summed E-state index contributed by atoms with van der Waals surface area (Å²) < 4.78 is 0. The third kappa shape index (κ3) is 2.16. The molecule has 1 aliphatic heterocycles. The van der Waals surface area contributed by atoms with Gasteiger partial charge in [-0.1, -0.05) is 33.6 Å². The van der Waals surface area contributed by atoms with E-state index in [0.717, 1.165) is 17.8 Å². The van der Waals surface area contributed by atoms with Gasteiger partial charge in [-0.25, -0.2) is 0 Å². The van der Waals surface area contributed by atoms with Crippen LogP contribution in [0.5, 0.6) is 0 Å². The SMILES string of the molecule is CCCC1CNCCC12CCC(C)CC2C. The first-order chi connectivity index (χ1) is 7.69. The van der Waals surface area contributed by atoms with E-state index in [9.17, 15) is 0 Å². The minimum Gasteiger partial charge on any atom is -0.316 e. The molecule has 1 saturated heterocycles. The van der Waals surface area contributed by atoms with Gasteiger partial charge in [-0.2, -0.15) is 0 Å². The average Bonchev–Trinajstić information content (AvgIpc) is 2.27. The Bertz CT molecular complexity index is 223. The van der Waals surface area contributed by atoms with Crippen LogP contribution in [0.15, 0.2) is 0 Å². The molecule has 0 aromatic carbocycles. The molecule has 1 heterocycles. The molecule has 16 heavy (non-hydrogen) atoms. The highest BCUT2D eigenvalue weighted by atomic mass is 14.9. The van der Waals surface area contributed by atoms with Crippen LogP contribution < -0.4 is 5.32 Å². The summed E-state index contributed by atoms with van der Waals surface area (Å²) in [6, 6.07) is 0. The molecule has 0 aromatic rings. The van der Waals surface area contributed by atoms with Gasteiger partial charge < -0.3 is 5.32 Å². The molecule has 94 valence electrons. The van der Waals surface area contributed by atoms with Gasteiger partial charge in [-0.3, -0.25) is 0 Å². The lowest BCUT2D eigenvalue weighted by molar-refractivity contribution is -0.0143. The molecule has 1 N–H and O–H groups in total. The highest BCUT2D eigenvalue weighted by Gasteiger charge is 2.46. The zero-order chi connectivity index (χ0) is 11.6. The second-order valence-corrected chi connectivity index (χ2v) is 6.45. The molecule has 4 unspecified atom stereocenters. The fourth-order valence-electron chi connectivity index (χ4n) is 4.44. The fraction of sp³-hybridized carbons (Fsp3) is 1.00. The van der Waals surface area contributed by atoms with Crippen molar-refractivity contribution in [3.05, 3.63) is 0 Å². The Kier molecular flexibility index (Phi) is 3.94. The molecule has 2 rings (SSSR count). The number of hydrogen-bond acceptors (Lipinski definition) is 1. The highest BCUT2D eigenvalue weighted by Crippen LogP contribution is 2.52. The molecule has 2 aliphatic rings. The summed E-state index contributed by atoms with van der Waals surface area (Å²) in [5.41, 5.74) is 0.702. The first kappa shape index (κ1) is 12.4. The molecule has 4 atom stereocenters. The van der Waals surface area contributed by atoms with Gasteiger partial charge in [-0.05, 0) is 61.9 Å². The van der Waals surface area contributed by atoms with Crippen LogP contribution in [0, 0.1) is 23.2 Å². The standard InChI is InChI=1S/C15H29N/c1-4-5-14-11-16-9-8-15(14)7-6-12(2)10-13(15)3/h12-14,16H,4-11H2,1-3H3. The lowest BCUT2D eigenvalue weighted by atomic mass is 9.55. The molecule has 0 amide bonds. The molecule has 1 aliphatic carbocycles. The van der Waals surface area contributed by atoms with Crippen molar-refractivity contribution in [3.8, 4) is 0 Å². The van der Waals surface area contributed by atoms with Crippen LogP contribution in [0.2, 0.25) is 0 Å². The number of rotatable bonds is 2. The van der Waals surface area contributed by atoms with Crippen molar-refractivity contribution in [2.24, 2.45) is 23.2 Å². The van der Waals surface area contributed by atoms with Crippen molar-refractivity contribution in [1.82, 2.24) is 5.32 Å². The molecule has 0 radical (unpaired) electrons. The molecule has 1 nitrogen and oxygen atoms in total. The van der Waals surface area contributed by atoms with Crippen LogP contribution in [0.1, 0.15) is 59.3 Å². The van der Waals surface area contributed by atoms with E-state index in [1.165, 1.54) is 51.6 Å². The van der Waals surface area contributed by atoms with Gasteiger partial charge in [0.25, 0.3) is 0 Å². The largest absolute Gasteiger partial charge is 0.316 e. The van der Waals surface area contributed by atoms with Crippen molar-refractivity contribution < 1.29 is 0 Å². The van der Waals surface area contributed by atoms with E-state index in [4.69, 9.17) is 0 Å². The van der Waals surface area contributed by atoms with Crippen molar-refractivity contribution in [3.63, 3.8) is 0 Å². The summed E-state index contributed by atoms with van der Waals surface area (Å²) in [5.74, 6) is 2.88. The molecule has 1 saturated carbocycles. The highest BCUT2D eigenvalue weighted by molar-refractivity contribution is 4.97. The van der Waals surface area contributed by atoms with E-state index in [2.05, 4.69) is 26.1 Å². The summed E-state index contributed by atoms with van der Waals surface area (Å²) in [5, 5.41) is 3.62. The Morgan fingerprint density at radius 3 is 2.75 bits per heavy atom. The van der Waals surface area contributed by atoms with E-state index >= 15 is 0 Å². The van der Waals surface area contributed by atoms with E-state index in [0.29, 0.717) is 5.41 Å². The van der Waals surface area contributed by atoms with Crippen molar-refractivity contribution in [2.75, 3.05) is 13.1 Å². The molecule has 0 aromatic heterocycles. The Hall–Kier alpha value is -0.0400. The van der Waals surface area contributed by atoms with E-state index in [1.807, 2.05) is 0 Å². The van der Waals surface area contributed by atoms with Crippen LogP contribution in [0.4, 0.5) is 0 Å². The molecule has 0 bridgehead atoms. The molecule has 2 fully saturated rings. The van der Waals surface area contributed by atoms with Crippen LogP contribution in [0.3, 0.4) is 0 Å². The minimum atomic E-state index is 0.702. The summed E-state index contributed by atoms with van der Waals surface area (Å²) in [7, 11) is 0. The van der Waals surface area contributed by atoms with Crippen LogP contribution in [-0.2, 0) is 0 Å². The molecular weight excluding hydrogens is 194 g/mol. The van der Waals surface area contributed by atoms with Crippen molar-refractivity contribution in [1.29, 1.82) is 0 Å². The topological polar surface area (TPSA) is 12.0 Å². The summed E-state index contributed by atoms with van der Waals surface area (Å²) in [6.07, 6.45) is 8.68. The zero-order valence-electron chi connectivity index (χ0n) is 11.4. The second kappa shape index (κ2) is 5.08. The lowest BCUT2D eigenvalue weighted by Crippen LogP contribution is -2.50. The lowest BCUT2D eigenvalue weighted by Gasteiger charge is -2.52. The van der Waals surface area contributed by atoms with Gasteiger partial charge in [0.05, 0.1) is 0 Å². The Balaban J connectivity index is 2.12. The number of hydrogen-bond donors (Lipinski definition) is 1. The zero-order valence-corrected chi connectivity index (χ0v) is 11.4. The quantitative estimate of drug-likeness (QED) is 0.750. The van der Waals surface area contributed by atoms with Gasteiger partial charge in [0, 0.05) is 0 Å². The minimum absolute atomic E-state index is 0.702. The van der Waals surface area contributed by atoms with Crippen molar-refractivity contribution >= 4 is 0 Å². The van der Waals surface area contributed by atoms with Crippen LogP contribution in [-0.4, -0.2) is 13.1 Å². The third-order valence-corrected chi connectivity index (χ3v) is 5.45. The normalized spacial score (nSPS) is 44.8. The third-order valence-electron chi connectivity index (χ3n) is 5.45. The summed E-state index contributed by atoms with van der Waals surface area (Å²) >= 11 is 0. The Labute approximate surface area is 101 Å². The van der Waals surface area contributed by atoms with E-state index < -0.39 is 0 Å². The van der Waals surface area contributed by atoms with Crippen LogP contribution in [0.25, 0.3) is 0 Å². The predicted octanol–water partition coefficient (Wildman–Crippen LogP) is 3.84. The van der Waals surface area contributed by atoms with E-state index in [1.54, 1.807) is 0 Å². The Morgan fingerprint density at radius 1 is 1.25 bits per heavy atom. The van der Waals surface area contributed by atoms with Gasteiger partial charge in [0.1, 0.15) is 0 Å². The van der Waals surface area contributed by atoms with E-state index in [-0.39, 0.29) is 0 Å². The smallest absolute Gasteiger partial charge is 0.00151 e. The fourth-order valence-corrected chi connectivity index (χ4v) is 4.44. The summed E-state index contributed by atoms with van der Waals surface area (Å²) in [6.45, 7) is 9.87. The van der Waals surface area contributed by atoms with Crippen molar-refractivity contribution in [2.45, 2.75) is 59.3 Å². The van der Waals surface area contributed by atoms with Gasteiger partial charge in [0.2, 0.25) is 0 Å². The molecular formula is C15H29N. The first-order valence-electron chi connectivity index (χ1n) is 7.39. The Morgan fingerprint density at radius 2 is 2.06 bits per heavy atom. The van der Waals surface area contributed by atoms with Gasteiger partial charge in [0.15, 0.2) is 0 Å². The predicted molar refractivity (Wildman–Crippen MR) is 70.5 cm³/mol. The maximum absolute atomic E-state index is 3.62. The second-order valence-electron chi connectivity index (χ2n) is 6.45.